The Hall–Kier alpha value is -2.24. The third kappa shape index (κ3) is 3.26. The number of para-hydroxylation sites is 1. The molecule has 2 saturated heterocycles. The van der Waals surface area contributed by atoms with Gasteiger partial charge in [0.05, 0.1) is 12.2 Å². The van der Waals surface area contributed by atoms with Crippen LogP contribution in [0.2, 0.25) is 0 Å². The van der Waals surface area contributed by atoms with Gasteiger partial charge in [-0.05, 0) is 43.0 Å². The Morgan fingerprint density at radius 3 is 2.67 bits per heavy atom. The number of hydrogen-bond donors (Lipinski definition) is 0. The molecule has 0 aliphatic carbocycles. The highest BCUT2D eigenvalue weighted by molar-refractivity contribution is 5.96. The number of aryl methyl sites for hydroxylation is 1. The van der Waals surface area contributed by atoms with Gasteiger partial charge in [-0.15, -0.1) is 0 Å². The second kappa shape index (κ2) is 7.06. The Morgan fingerprint density at radius 1 is 1.04 bits per heavy atom. The highest BCUT2D eigenvalue weighted by Crippen LogP contribution is 2.32. The van der Waals surface area contributed by atoms with Crippen LogP contribution in [0.25, 0.3) is 0 Å². The highest BCUT2D eigenvalue weighted by atomic mass is 16.2. The lowest BCUT2D eigenvalue weighted by Gasteiger charge is -2.36. The standard InChI is InChI=1S/C22H26N4O/c27-22(26-11-5-7-17-6-1-2-9-21(17)26)16-25-15-19-12-20(25)14-24(19)13-18-8-3-4-10-23-18/h1-4,6,8-10,19-20H,5,7,11-16H2. The fourth-order valence-corrected chi connectivity index (χ4v) is 4.97. The van der Waals surface area contributed by atoms with Gasteiger partial charge in [-0.25, -0.2) is 0 Å². The van der Waals surface area contributed by atoms with E-state index in [0.29, 0.717) is 18.6 Å². The summed E-state index contributed by atoms with van der Waals surface area (Å²) in [6, 6.07) is 15.5. The van der Waals surface area contributed by atoms with Crippen LogP contribution in [0.4, 0.5) is 5.69 Å². The van der Waals surface area contributed by atoms with Crippen molar-refractivity contribution >= 4 is 11.6 Å². The molecule has 5 nitrogen and oxygen atoms in total. The summed E-state index contributed by atoms with van der Waals surface area (Å²) in [5.74, 6) is 0.256. The topological polar surface area (TPSA) is 39.7 Å². The molecule has 5 heteroatoms. The number of piperazine rings is 1. The summed E-state index contributed by atoms with van der Waals surface area (Å²) in [6.07, 6.45) is 5.19. The molecule has 27 heavy (non-hydrogen) atoms. The third-order valence-electron chi connectivity index (χ3n) is 6.31. The van der Waals surface area contributed by atoms with E-state index in [1.807, 2.05) is 23.2 Å². The number of likely N-dealkylation sites (tertiary alicyclic amines) is 2. The van der Waals surface area contributed by atoms with Gasteiger partial charge in [0.15, 0.2) is 0 Å². The zero-order chi connectivity index (χ0) is 18.2. The average molecular weight is 362 g/mol. The molecule has 3 aliphatic rings. The number of benzene rings is 1. The number of pyridine rings is 1. The molecular weight excluding hydrogens is 336 g/mol. The molecule has 3 aliphatic heterocycles. The van der Waals surface area contributed by atoms with Crippen LogP contribution in [0.15, 0.2) is 48.7 Å². The van der Waals surface area contributed by atoms with E-state index in [-0.39, 0.29) is 5.91 Å². The molecule has 1 aromatic carbocycles. The van der Waals surface area contributed by atoms with E-state index in [2.05, 4.69) is 45.1 Å². The first-order valence-corrected chi connectivity index (χ1v) is 10.0. The van der Waals surface area contributed by atoms with E-state index < -0.39 is 0 Å². The van der Waals surface area contributed by atoms with Gasteiger partial charge in [0.1, 0.15) is 0 Å². The molecule has 0 saturated carbocycles. The van der Waals surface area contributed by atoms with Crippen molar-refractivity contribution in [3.63, 3.8) is 0 Å². The third-order valence-corrected chi connectivity index (χ3v) is 6.31. The van der Waals surface area contributed by atoms with Crippen molar-refractivity contribution in [2.45, 2.75) is 37.9 Å². The predicted molar refractivity (Wildman–Crippen MR) is 106 cm³/mol. The molecule has 0 spiro atoms. The number of carbonyl (C=O) groups excluding carboxylic acids is 1. The molecule has 0 N–H and O–H groups in total. The minimum absolute atomic E-state index is 0.256. The molecule has 140 valence electrons. The van der Waals surface area contributed by atoms with Gasteiger partial charge in [-0.3, -0.25) is 19.6 Å². The first kappa shape index (κ1) is 16.9. The Balaban J connectivity index is 1.21. The number of aromatic nitrogens is 1. The molecule has 1 amide bonds. The zero-order valence-corrected chi connectivity index (χ0v) is 15.6. The highest BCUT2D eigenvalue weighted by Gasteiger charge is 2.44. The van der Waals surface area contributed by atoms with Gasteiger partial charge in [-0.2, -0.15) is 0 Å². The van der Waals surface area contributed by atoms with E-state index in [1.165, 1.54) is 12.0 Å². The number of fused-ring (bicyclic) bond motifs is 3. The van der Waals surface area contributed by atoms with Crippen molar-refractivity contribution in [1.29, 1.82) is 0 Å². The van der Waals surface area contributed by atoms with E-state index in [9.17, 15) is 4.79 Å². The quantitative estimate of drug-likeness (QED) is 0.837. The summed E-state index contributed by atoms with van der Waals surface area (Å²) in [7, 11) is 0. The van der Waals surface area contributed by atoms with Gasteiger partial charge in [0.2, 0.25) is 5.91 Å². The van der Waals surface area contributed by atoms with Crippen molar-refractivity contribution in [3.8, 4) is 0 Å². The van der Waals surface area contributed by atoms with Crippen LogP contribution in [0, 0.1) is 0 Å². The van der Waals surface area contributed by atoms with E-state index in [0.717, 1.165) is 50.4 Å². The Labute approximate surface area is 160 Å². The van der Waals surface area contributed by atoms with Crippen LogP contribution in [0.5, 0.6) is 0 Å². The zero-order valence-electron chi connectivity index (χ0n) is 15.6. The van der Waals surface area contributed by atoms with Gasteiger partial charge < -0.3 is 4.90 Å². The van der Waals surface area contributed by atoms with Gasteiger partial charge in [-0.1, -0.05) is 24.3 Å². The van der Waals surface area contributed by atoms with Gasteiger partial charge in [0.25, 0.3) is 0 Å². The maximum absolute atomic E-state index is 13.0. The second-order valence-electron chi connectivity index (χ2n) is 8.00. The van der Waals surface area contributed by atoms with Crippen molar-refractivity contribution in [2.24, 2.45) is 0 Å². The maximum atomic E-state index is 13.0. The van der Waals surface area contributed by atoms with Crippen molar-refractivity contribution in [2.75, 3.05) is 31.1 Å². The lowest BCUT2D eigenvalue weighted by molar-refractivity contribution is -0.120. The van der Waals surface area contributed by atoms with Crippen LogP contribution in [0.1, 0.15) is 24.1 Å². The van der Waals surface area contributed by atoms with E-state index in [1.54, 1.807) is 0 Å². The summed E-state index contributed by atoms with van der Waals surface area (Å²) in [5, 5.41) is 0. The molecule has 5 rings (SSSR count). The van der Waals surface area contributed by atoms with Crippen LogP contribution >= 0.6 is 0 Å². The Bertz CT molecular complexity index is 824. The fraction of sp³-hybridized carbons (Fsp3) is 0.455. The van der Waals surface area contributed by atoms with Crippen LogP contribution in [-0.2, 0) is 17.8 Å². The summed E-state index contributed by atoms with van der Waals surface area (Å²) < 4.78 is 0. The molecule has 2 atom stereocenters. The van der Waals surface area contributed by atoms with E-state index in [4.69, 9.17) is 0 Å². The summed E-state index contributed by atoms with van der Waals surface area (Å²) >= 11 is 0. The summed E-state index contributed by atoms with van der Waals surface area (Å²) in [4.78, 5) is 24.4. The average Bonchev–Trinajstić information content (AvgIpc) is 3.28. The largest absolute Gasteiger partial charge is 0.311 e. The number of nitrogens with zero attached hydrogens (tertiary/aromatic N) is 4. The molecular formula is C22H26N4O. The SMILES string of the molecule is O=C(CN1CC2CC1CN2Cc1ccccn1)N1CCCc2ccccc21. The summed E-state index contributed by atoms with van der Waals surface area (Å²) in [5.41, 5.74) is 3.56. The fourth-order valence-electron chi connectivity index (χ4n) is 4.97. The maximum Gasteiger partial charge on any atom is 0.241 e. The van der Waals surface area contributed by atoms with Gasteiger partial charge in [0, 0.05) is 50.1 Å². The second-order valence-corrected chi connectivity index (χ2v) is 8.00. The lowest BCUT2D eigenvalue weighted by atomic mass is 10.0. The molecule has 2 aromatic rings. The molecule has 0 radical (unpaired) electrons. The minimum atomic E-state index is 0.256. The van der Waals surface area contributed by atoms with Crippen LogP contribution in [0.3, 0.4) is 0 Å². The smallest absolute Gasteiger partial charge is 0.241 e. The minimum Gasteiger partial charge on any atom is -0.311 e. The van der Waals surface area contributed by atoms with Crippen molar-refractivity contribution in [3.05, 3.63) is 59.9 Å². The number of amides is 1. The molecule has 4 heterocycles. The predicted octanol–water partition coefficient (Wildman–Crippen LogP) is 2.32. The molecule has 2 bridgehead atoms. The summed E-state index contributed by atoms with van der Waals surface area (Å²) in [6.45, 7) is 4.36. The number of rotatable bonds is 4. The first-order chi connectivity index (χ1) is 13.3. The van der Waals surface area contributed by atoms with E-state index >= 15 is 0 Å². The van der Waals surface area contributed by atoms with Gasteiger partial charge >= 0.3 is 0 Å². The van der Waals surface area contributed by atoms with Crippen molar-refractivity contribution in [1.82, 2.24) is 14.8 Å². The number of carbonyl (C=O) groups is 1. The normalized spacial score (nSPS) is 25.0. The van der Waals surface area contributed by atoms with Crippen LogP contribution < -0.4 is 4.90 Å². The Kier molecular flexibility index (Phi) is 4.42. The lowest BCUT2D eigenvalue weighted by Crippen LogP contribution is -2.50. The molecule has 2 fully saturated rings. The monoisotopic (exact) mass is 362 g/mol. The number of hydrogen-bond acceptors (Lipinski definition) is 4. The van der Waals surface area contributed by atoms with Crippen molar-refractivity contribution < 1.29 is 4.79 Å². The molecule has 1 aromatic heterocycles. The van der Waals surface area contributed by atoms with Crippen LogP contribution in [-0.4, -0.2) is 59.0 Å². The first-order valence-electron chi connectivity index (χ1n) is 10.0. The molecule has 2 unspecified atom stereocenters. The number of anilines is 1. The Morgan fingerprint density at radius 2 is 1.85 bits per heavy atom.